The Balaban J connectivity index is 1.74. The van der Waals surface area contributed by atoms with Gasteiger partial charge in [0.25, 0.3) is 0 Å². The van der Waals surface area contributed by atoms with Crippen LogP contribution >= 0.6 is 0 Å². The standard InChI is InChI=1S/C18H32O2/c1-18(2,3)16-10-8-15(9-11-16)14-6-4-13(5-7-14)12-17(19)20/h13-16H,4-12H2,1-3H3,(H,19,20). The van der Waals surface area contributed by atoms with Crippen molar-refractivity contribution in [1.82, 2.24) is 0 Å². The summed E-state index contributed by atoms with van der Waals surface area (Å²) in [4.78, 5) is 10.8. The second-order valence-electron chi connectivity index (χ2n) is 8.36. The average molecular weight is 280 g/mol. The largest absolute Gasteiger partial charge is 0.481 e. The summed E-state index contributed by atoms with van der Waals surface area (Å²) in [7, 11) is 0. The van der Waals surface area contributed by atoms with E-state index in [1.807, 2.05) is 0 Å². The number of carboxylic acids is 1. The monoisotopic (exact) mass is 280 g/mol. The second kappa shape index (κ2) is 6.49. The molecule has 0 aliphatic heterocycles. The van der Waals surface area contributed by atoms with Crippen LogP contribution < -0.4 is 0 Å². The molecule has 0 atom stereocenters. The van der Waals surface area contributed by atoms with Gasteiger partial charge in [-0.2, -0.15) is 0 Å². The van der Waals surface area contributed by atoms with E-state index in [0.717, 1.165) is 30.6 Å². The third kappa shape index (κ3) is 4.23. The van der Waals surface area contributed by atoms with Crippen LogP contribution in [0, 0.1) is 29.1 Å². The van der Waals surface area contributed by atoms with Gasteiger partial charge in [0, 0.05) is 6.42 Å². The lowest BCUT2D eigenvalue weighted by Gasteiger charge is -2.41. The third-order valence-corrected chi connectivity index (χ3v) is 6.02. The fraction of sp³-hybridized carbons (Fsp3) is 0.944. The quantitative estimate of drug-likeness (QED) is 0.779. The Kier molecular flexibility index (Phi) is 5.14. The van der Waals surface area contributed by atoms with Crippen LogP contribution in [0.2, 0.25) is 0 Å². The van der Waals surface area contributed by atoms with Gasteiger partial charge < -0.3 is 5.11 Å². The molecule has 0 radical (unpaired) electrons. The van der Waals surface area contributed by atoms with Crippen molar-refractivity contribution in [3.05, 3.63) is 0 Å². The zero-order valence-corrected chi connectivity index (χ0v) is 13.5. The molecule has 116 valence electrons. The molecule has 0 aromatic heterocycles. The summed E-state index contributed by atoms with van der Waals surface area (Å²) in [5.74, 6) is 2.57. The van der Waals surface area contributed by atoms with Crippen LogP contribution in [0.1, 0.15) is 78.6 Å². The van der Waals surface area contributed by atoms with Gasteiger partial charge in [-0.05, 0) is 80.5 Å². The number of carboxylic acid groups (broad SMARTS) is 1. The molecule has 0 unspecified atom stereocenters. The SMILES string of the molecule is CC(C)(C)C1CCC(C2CCC(CC(=O)O)CC2)CC1. The van der Waals surface area contributed by atoms with Crippen LogP contribution in [0.5, 0.6) is 0 Å². The molecule has 0 aromatic rings. The number of carbonyl (C=O) groups is 1. The Labute approximate surface area is 124 Å². The van der Waals surface area contributed by atoms with Gasteiger partial charge in [0.2, 0.25) is 0 Å². The second-order valence-corrected chi connectivity index (χ2v) is 8.36. The first kappa shape index (κ1) is 15.9. The lowest BCUT2D eigenvalue weighted by atomic mass is 9.64. The molecule has 0 spiro atoms. The highest BCUT2D eigenvalue weighted by Gasteiger charge is 2.34. The molecule has 20 heavy (non-hydrogen) atoms. The fourth-order valence-electron chi connectivity index (χ4n) is 4.57. The smallest absolute Gasteiger partial charge is 0.303 e. The fourth-order valence-corrected chi connectivity index (χ4v) is 4.57. The van der Waals surface area contributed by atoms with E-state index in [-0.39, 0.29) is 0 Å². The predicted octanol–water partition coefficient (Wildman–Crippen LogP) is 5.12. The van der Waals surface area contributed by atoms with Crippen LogP contribution in [0.15, 0.2) is 0 Å². The van der Waals surface area contributed by atoms with Crippen molar-refractivity contribution >= 4 is 5.97 Å². The van der Waals surface area contributed by atoms with E-state index in [4.69, 9.17) is 5.11 Å². The molecule has 2 aliphatic carbocycles. The molecule has 0 amide bonds. The lowest BCUT2D eigenvalue weighted by Crippen LogP contribution is -2.30. The molecule has 2 rings (SSSR count). The van der Waals surface area contributed by atoms with Crippen molar-refractivity contribution in [2.24, 2.45) is 29.1 Å². The summed E-state index contributed by atoms with van der Waals surface area (Å²) in [6, 6.07) is 0. The molecule has 0 bridgehead atoms. The summed E-state index contributed by atoms with van der Waals surface area (Å²) < 4.78 is 0. The number of aliphatic carboxylic acids is 1. The van der Waals surface area contributed by atoms with E-state index in [0.29, 0.717) is 17.8 Å². The summed E-state index contributed by atoms with van der Waals surface area (Å²) in [6.07, 6.45) is 10.9. The van der Waals surface area contributed by atoms with Crippen LogP contribution in [-0.2, 0) is 4.79 Å². The van der Waals surface area contributed by atoms with Gasteiger partial charge in [-0.25, -0.2) is 0 Å². The Bertz CT molecular complexity index is 313. The number of hydrogen-bond acceptors (Lipinski definition) is 1. The van der Waals surface area contributed by atoms with Crippen molar-refractivity contribution in [3.8, 4) is 0 Å². The maximum absolute atomic E-state index is 10.8. The van der Waals surface area contributed by atoms with Crippen molar-refractivity contribution < 1.29 is 9.90 Å². The van der Waals surface area contributed by atoms with E-state index < -0.39 is 5.97 Å². The molecule has 0 heterocycles. The predicted molar refractivity (Wildman–Crippen MR) is 82.6 cm³/mol. The van der Waals surface area contributed by atoms with E-state index in [1.165, 1.54) is 38.5 Å². The van der Waals surface area contributed by atoms with Gasteiger partial charge in [-0.15, -0.1) is 0 Å². The minimum atomic E-state index is -0.612. The normalized spacial score (nSPS) is 35.8. The molecular formula is C18H32O2. The first-order valence-corrected chi connectivity index (χ1v) is 8.58. The summed E-state index contributed by atoms with van der Waals surface area (Å²) >= 11 is 0. The maximum Gasteiger partial charge on any atom is 0.303 e. The van der Waals surface area contributed by atoms with Crippen LogP contribution in [-0.4, -0.2) is 11.1 Å². The summed E-state index contributed by atoms with van der Waals surface area (Å²) in [5.41, 5.74) is 0.476. The van der Waals surface area contributed by atoms with Gasteiger partial charge in [-0.1, -0.05) is 20.8 Å². The lowest BCUT2D eigenvalue weighted by molar-refractivity contribution is -0.138. The number of hydrogen-bond donors (Lipinski definition) is 1. The van der Waals surface area contributed by atoms with Crippen LogP contribution in [0.4, 0.5) is 0 Å². The van der Waals surface area contributed by atoms with Crippen molar-refractivity contribution in [1.29, 1.82) is 0 Å². The molecule has 2 saturated carbocycles. The van der Waals surface area contributed by atoms with E-state index >= 15 is 0 Å². The van der Waals surface area contributed by atoms with Gasteiger partial charge >= 0.3 is 5.97 Å². The van der Waals surface area contributed by atoms with E-state index in [2.05, 4.69) is 20.8 Å². The molecule has 1 N–H and O–H groups in total. The van der Waals surface area contributed by atoms with Crippen LogP contribution in [0.25, 0.3) is 0 Å². The van der Waals surface area contributed by atoms with E-state index in [1.54, 1.807) is 0 Å². The topological polar surface area (TPSA) is 37.3 Å². The van der Waals surface area contributed by atoms with Gasteiger partial charge in [-0.3, -0.25) is 4.79 Å². The molecule has 2 heteroatoms. The molecule has 0 aromatic carbocycles. The minimum absolute atomic E-state index is 0.392. The van der Waals surface area contributed by atoms with Gasteiger partial charge in [0.15, 0.2) is 0 Å². The first-order chi connectivity index (χ1) is 9.36. The van der Waals surface area contributed by atoms with Crippen LogP contribution in [0.3, 0.4) is 0 Å². The number of rotatable bonds is 3. The average Bonchev–Trinajstić information content (AvgIpc) is 2.38. The Morgan fingerprint density at radius 3 is 1.75 bits per heavy atom. The van der Waals surface area contributed by atoms with E-state index in [9.17, 15) is 4.79 Å². The Morgan fingerprint density at radius 2 is 1.35 bits per heavy atom. The zero-order chi connectivity index (χ0) is 14.8. The highest BCUT2D eigenvalue weighted by molar-refractivity contribution is 5.67. The first-order valence-electron chi connectivity index (χ1n) is 8.58. The molecule has 0 saturated heterocycles. The van der Waals surface area contributed by atoms with Crippen molar-refractivity contribution in [3.63, 3.8) is 0 Å². The Morgan fingerprint density at radius 1 is 0.900 bits per heavy atom. The summed E-state index contributed by atoms with van der Waals surface area (Å²) in [6.45, 7) is 7.15. The molecule has 2 nitrogen and oxygen atoms in total. The van der Waals surface area contributed by atoms with Gasteiger partial charge in [0.05, 0.1) is 0 Å². The third-order valence-electron chi connectivity index (χ3n) is 6.02. The van der Waals surface area contributed by atoms with Crippen molar-refractivity contribution in [2.45, 2.75) is 78.6 Å². The molecule has 2 fully saturated rings. The highest BCUT2D eigenvalue weighted by Crippen LogP contribution is 2.45. The maximum atomic E-state index is 10.8. The molecule has 2 aliphatic rings. The summed E-state index contributed by atoms with van der Waals surface area (Å²) in [5, 5.41) is 8.89. The van der Waals surface area contributed by atoms with Gasteiger partial charge in [0.1, 0.15) is 0 Å². The molecular weight excluding hydrogens is 248 g/mol. The van der Waals surface area contributed by atoms with Crippen molar-refractivity contribution in [2.75, 3.05) is 0 Å². The minimum Gasteiger partial charge on any atom is -0.481 e. The highest BCUT2D eigenvalue weighted by atomic mass is 16.4. The Hall–Kier alpha value is -0.530. The zero-order valence-electron chi connectivity index (χ0n) is 13.5.